The Labute approximate surface area is 171 Å². The first-order valence-corrected chi connectivity index (χ1v) is 9.56. The Kier molecular flexibility index (Phi) is 8.26. The van der Waals surface area contributed by atoms with Gasteiger partial charge in [0.1, 0.15) is 6.07 Å². The molecule has 0 saturated carbocycles. The lowest BCUT2D eigenvalue weighted by Crippen LogP contribution is -2.14. The number of para-hydroxylation sites is 1. The summed E-state index contributed by atoms with van der Waals surface area (Å²) in [5.41, 5.74) is 4.06. The van der Waals surface area contributed by atoms with Crippen molar-refractivity contribution in [3.05, 3.63) is 54.1 Å². The lowest BCUT2D eigenvalue weighted by Gasteiger charge is -2.11. The van der Waals surface area contributed by atoms with Gasteiger partial charge in [-0.25, -0.2) is 4.79 Å². The third-order valence-corrected chi connectivity index (χ3v) is 4.22. The molecular weight excluding hydrogens is 366 g/mol. The Bertz CT molecular complexity index is 1000. The van der Waals surface area contributed by atoms with Crippen LogP contribution in [0.1, 0.15) is 25.8 Å². The molecule has 1 heterocycles. The van der Waals surface area contributed by atoms with Crippen LogP contribution in [0.15, 0.2) is 48.5 Å². The summed E-state index contributed by atoms with van der Waals surface area (Å²) >= 11 is 0. The van der Waals surface area contributed by atoms with Gasteiger partial charge in [0.25, 0.3) is 0 Å². The van der Waals surface area contributed by atoms with Gasteiger partial charge < -0.3 is 14.0 Å². The van der Waals surface area contributed by atoms with Crippen molar-refractivity contribution in [2.45, 2.75) is 26.8 Å². The fourth-order valence-electron chi connectivity index (χ4n) is 3.14. The van der Waals surface area contributed by atoms with Crippen molar-refractivity contribution in [2.24, 2.45) is 0 Å². The molecule has 3 rings (SSSR count). The minimum atomic E-state index is -0.472. The van der Waals surface area contributed by atoms with Crippen molar-refractivity contribution >= 4 is 22.7 Å². The average molecular weight is 393 g/mol. The number of benzene rings is 2. The second-order valence-corrected chi connectivity index (χ2v) is 6.35. The fraction of sp³-hybridized carbons (Fsp3) is 0.304. The summed E-state index contributed by atoms with van der Waals surface area (Å²) in [6, 6.07) is 17.7. The SMILES string of the molecule is CCCOC(=O)Nc1cccc(-c2c(C#N)c3ccccc3n2CC)c1.COC. The van der Waals surface area contributed by atoms with Crippen LogP contribution in [0.5, 0.6) is 0 Å². The first kappa shape index (κ1) is 22.0. The highest BCUT2D eigenvalue weighted by Crippen LogP contribution is 2.34. The van der Waals surface area contributed by atoms with E-state index in [1.165, 1.54) is 0 Å². The van der Waals surface area contributed by atoms with Crippen LogP contribution in [0.3, 0.4) is 0 Å². The van der Waals surface area contributed by atoms with Crippen molar-refractivity contribution < 1.29 is 14.3 Å². The number of methoxy groups -OCH3 is 1. The topological polar surface area (TPSA) is 76.3 Å². The molecule has 0 unspecified atom stereocenters. The first-order chi connectivity index (χ1) is 14.1. The van der Waals surface area contributed by atoms with Crippen molar-refractivity contribution in [2.75, 3.05) is 26.1 Å². The van der Waals surface area contributed by atoms with Crippen molar-refractivity contribution in [1.29, 1.82) is 5.26 Å². The van der Waals surface area contributed by atoms with Crippen LogP contribution in [0.25, 0.3) is 22.2 Å². The molecule has 0 fully saturated rings. The van der Waals surface area contributed by atoms with E-state index in [2.05, 4.69) is 27.6 Å². The number of anilines is 1. The highest BCUT2D eigenvalue weighted by Gasteiger charge is 2.18. The number of fused-ring (bicyclic) bond motifs is 1. The van der Waals surface area contributed by atoms with Gasteiger partial charge in [-0.1, -0.05) is 37.3 Å². The summed E-state index contributed by atoms with van der Waals surface area (Å²) in [6.07, 6.45) is 0.302. The number of hydrogen-bond donors (Lipinski definition) is 1. The number of carbonyl (C=O) groups excluding carboxylic acids is 1. The van der Waals surface area contributed by atoms with Gasteiger partial charge in [-0.3, -0.25) is 5.32 Å². The van der Waals surface area contributed by atoms with Gasteiger partial charge >= 0.3 is 6.09 Å². The van der Waals surface area contributed by atoms with Crippen LogP contribution in [-0.2, 0) is 16.0 Å². The number of aromatic nitrogens is 1. The molecule has 1 aromatic heterocycles. The molecule has 0 aliphatic heterocycles. The molecule has 0 atom stereocenters. The zero-order chi connectivity index (χ0) is 21.2. The highest BCUT2D eigenvalue weighted by atomic mass is 16.5. The number of nitriles is 1. The molecule has 0 aliphatic rings. The van der Waals surface area contributed by atoms with E-state index in [1.807, 2.05) is 55.5 Å². The van der Waals surface area contributed by atoms with Crippen LogP contribution in [0, 0.1) is 11.3 Å². The number of amides is 1. The monoisotopic (exact) mass is 393 g/mol. The number of nitrogens with zero attached hydrogens (tertiary/aromatic N) is 2. The molecule has 29 heavy (non-hydrogen) atoms. The van der Waals surface area contributed by atoms with E-state index in [0.29, 0.717) is 17.9 Å². The number of nitrogens with one attached hydrogen (secondary N) is 1. The summed E-state index contributed by atoms with van der Waals surface area (Å²) < 4.78 is 11.4. The predicted octanol–water partition coefficient (Wildman–Crippen LogP) is 5.42. The zero-order valence-corrected chi connectivity index (χ0v) is 17.4. The summed E-state index contributed by atoms with van der Waals surface area (Å²) in [5.74, 6) is 0. The van der Waals surface area contributed by atoms with Crippen LogP contribution < -0.4 is 5.32 Å². The van der Waals surface area contributed by atoms with Gasteiger partial charge in [0, 0.05) is 42.9 Å². The van der Waals surface area contributed by atoms with E-state index < -0.39 is 6.09 Å². The number of ether oxygens (including phenoxy) is 2. The maximum Gasteiger partial charge on any atom is 0.411 e. The molecule has 6 heteroatoms. The van der Waals surface area contributed by atoms with Crippen LogP contribution in [0.2, 0.25) is 0 Å². The Hall–Kier alpha value is -3.30. The third kappa shape index (κ3) is 5.15. The second-order valence-electron chi connectivity index (χ2n) is 6.35. The molecule has 0 spiro atoms. The number of carbonyl (C=O) groups is 1. The molecule has 152 valence electrons. The minimum Gasteiger partial charge on any atom is -0.449 e. The Balaban J connectivity index is 0.000000941. The molecule has 0 bridgehead atoms. The van der Waals surface area contributed by atoms with E-state index in [0.717, 1.165) is 35.1 Å². The van der Waals surface area contributed by atoms with Crippen LogP contribution >= 0.6 is 0 Å². The average Bonchev–Trinajstić information content (AvgIpc) is 3.06. The van der Waals surface area contributed by atoms with E-state index >= 15 is 0 Å². The van der Waals surface area contributed by atoms with Crippen molar-refractivity contribution in [3.8, 4) is 17.3 Å². The van der Waals surface area contributed by atoms with E-state index in [4.69, 9.17) is 4.74 Å². The largest absolute Gasteiger partial charge is 0.449 e. The van der Waals surface area contributed by atoms with E-state index in [1.54, 1.807) is 14.2 Å². The molecule has 6 nitrogen and oxygen atoms in total. The Morgan fingerprint density at radius 1 is 1.14 bits per heavy atom. The Morgan fingerprint density at radius 3 is 2.52 bits per heavy atom. The van der Waals surface area contributed by atoms with Crippen molar-refractivity contribution in [1.82, 2.24) is 4.57 Å². The summed E-state index contributed by atoms with van der Waals surface area (Å²) in [7, 11) is 3.25. The normalized spacial score (nSPS) is 10.0. The second kappa shape index (κ2) is 10.9. The first-order valence-electron chi connectivity index (χ1n) is 9.56. The molecule has 1 N–H and O–H groups in total. The van der Waals surface area contributed by atoms with Gasteiger partial charge in [0.05, 0.1) is 17.9 Å². The number of hydrogen-bond acceptors (Lipinski definition) is 4. The zero-order valence-electron chi connectivity index (χ0n) is 17.4. The molecule has 1 amide bonds. The lowest BCUT2D eigenvalue weighted by atomic mass is 10.1. The molecule has 0 radical (unpaired) electrons. The van der Waals surface area contributed by atoms with Gasteiger partial charge in [-0.05, 0) is 31.5 Å². The summed E-state index contributed by atoms with van der Waals surface area (Å²) in [6.45, 7) is 5.13. The smallest absolute Gasteiger partial charge is 0.411 e. The fourth-order valence-corrected chi connectivity index (χ4v) is 3.14. The number of rotatable bonds is 5. The van der Waals surface area contributed by atoms with Crippen LogP contribution in [0.4, 0.5) is 10.5 Å². The molecule has 0 aliphatic carbocycles. The number of aryl methyl sites for hydroxylation is 1. The highest BCUT2D eigenvalue weighted by molar-refractivity contribution is 5.95. The molecule has 0 saturated heterocycles. The standard InChI is InChI=1S/C21H21N3O2.C2H6O/c1-3-12-26-21(25)23-16-9-7-8-15(13-16)20-18(14-22)17-10-5-6-11-19(17)24(20)4-2;1-3-2/h5-11,13H,3-4,12H2,1-2H3,(H,23,25);1-2H3. The lowest BCUT2D eigenvalue weighted by molar-refractivity contribution is 0.161. The van der Waals surface area contributed by atoms with Gasteiger partial charge in [0.15, 0.2) is 0 Å². The minimum absolute atomic E-state index is 0.383. The Morgan fingerprint density at radius 2 is 1.86 bits per heavy atom. The molecular formula is C23H27N3O3. The molecule has 2 aromatic carbocycles. The predicted molar refractivity (Wildman–Crippen MR) is 116 cm³/mol. The quantitative estimate of drug-likeness (QED) is 0.628. The summed E-state index contributed by atoms with van der Waals surface area (Å²) in [4.78, 5) is 11.8. The van der Waals surface area contributed by atoms with Crippen molar-refractivity contribution in [3.63, 3.8) is 0 Å². The van der Waals surface area contributed by atoms with E-state index in [9.17, 15) is 10.1 Å². The van der Waals surface area contributed by atoms with Crippen LogP contribution in [-0.4, -0.2) is 31.5 Å². The maximum absolute atomic E-state index is 11.8. The maximum atomic E-state index is 11.8. The molecule has 3 aromatic rings. The van der Waals surface area contributed by atoms with Gasteiger partial charge in [-0.15, -0.1) is 0 Å². The van der Waals surface area contributed by atoms with Gasteiger partial charge in [-0.2, -0.15) is 5.26 Å². The summed E-state index contributed by atoms with van der Waals surface area (Å²) in [5, 5.41) is 13.4. The van der Waals surface area contributed by atoms with E-state index in [-0.39, 0.29) is 0 Å². The van der Waals surface area contributed by atoms with Gasteiger partial charge in [0.2, 0.25) is 0 Å². The third-order valence-electron chi connectivity index (χ3n) is 4.22.